The van der Waals surface area contributed by atoms with E-state index >= 15 is 0 Å². The van der Waals surface area contributed by atoms with Crippen molar-refractivity contribution in [1.82, 2.24) is 5.32 Å². The molecule has 0 radical (unpaired) electrons. The third-order valence-corrected chi connectivity index (χ3v) is 4.66. The van der Waals surface area contributed by atoms with Crippen LogP contribution in [-0.4, -0.2) is 16.9 Å². The Labute approximate surface area is 158 Å². The number of amides is 2. The van der Waals surface area contributed by atoms with E-state index in [1.54, 1.807) is 42.5 Å². The Morgan fingerprint density at radius 1 is 1.00 bits per heavy atom. The van der Waals surface area contributed by atoms with Gasteiger partial charge in [0.15, 0.2) is 0 Å². The first-order valence-corrected chi connectivity index (χ1v) is 8.96. The van der Waals surface area contributed by atoms with Gasteiger partial charge in [0.05, 0.1) is 16.5 Å². The maximum Gasteiger partial charge on any atom is 0.279 e. The van der Waals surface area contributed by atoms with E-state index in [4.69, 9.17) is 34.8 Å². The molecule has 0 fully saturated rings. The van der Waals surface area contributed by atoms with Crippen molar-refractivity contribution in [3.8, 4) is 0 Å². The van der Waals surface area contributed by atoms with Crippen molar-refractivity contribution >= 4 is 63.4 Å². The second kappa shape index (κ2) is 9.18. The maximum absolute atomic E-state index is 11.8. The lowest BCUT2D eigenvalue weighted by molar-refractivity contribution is -0.113. The minimum absolute atomic E-state index is 0.0274. The molecule has 24 heavy (non-hydrogen) atoms. The monoisotopic (exact) mass is 402 g/mol. The summed E-state index contributed by atoms with van der Waals surface area (Å²) in [4.78, 5) is 23.6. The zero-order chi connectivity index (χ0) is 17.5. The summed E-state index contributed by atoms with van der Waals surface area (Å²) < 4.78 is 0. The van der Waals surface area contributed by atoms with Crippen molar-refractivity contribution in [3.05, 3.63) is 63.1 Å². The number of anilines is 1. The average Bonchev–Trinajstić information content (AvgIpc) is 2.56. The topological polar surface area (TPSA) is 58.2 Å². The van der Waals surface area contributed by atoms with E-state index in [9.17, 15) is 9.59 Å². The molecule has 2 aromatic carbocycles. The summed E-state index contributed by atoms with van der Waals surface area (Å²) in [7, 11) is 0. The van der Waals surface area contributed by atoms with Gasteiger partial charge in [0.25, 0.3) is 5.24 Å². The van der Waals surface area contributed by atoms with Gasteiger partial charge in [0.2, 0.25) is 5.91 Å². The molecule has 0 unspecified atom stereocenters. The molecule has 0 bridgehead atoms. The molecule has 0 atom stereocenters. The molecule has 2 amide bonds. The molecule has 2 rings (SSSR count). The molecule has 8 heteroatoms. The summed E-state index contributed by atoms with van der Waals surface area (Å²) in [6.07, 6.45) is 0. The summed E-state index contributed by atoms with van der Waals surface area (Å²) in [6, 6.07) is 11.9. The zero-order valence-corrected chi connectivity index (χ0v) is 15.4. The minimum Gasteiger partial charge on any atom is -0.343 e. The van der Waals surface area contributed by atoms with Gasteiger partial charge in [-0.05, 0) is 35.9 Å². The molecule has 2 N–H and O–H groups in total. The highest BCUT2D eigenvalue weighted by Crippen LogP contribution is 2.22. The number of thioether (sulfide) groups is 1. The molecule has 0 aliphatic carbocycles. The Bertz CT molecular complexity index is 756. The molecule has 2 aromatic rings. The van der Waals surface area contributed by atoms with Gasteiger partial charge in [-0.15, -0.1) is 0 Å². The minimum atomic E-state index is -0.333. The number of carbonyl (C=O) groups is 2. The number of para-hydroxylation sites is 1. The van der Waals surface area contributed by atoms with Crippen molar-refractivity contribution in [2.45, 2.75) is 6.54 Å². The van der Waals surface area contributed by atoms with Crippen LogP contribution in [0.4, 0.5) is 10.5 Å². The highest BCUT2D eigenvalue weighted by Gasteiger charge is 2.10. The largest absolute Gasteiger partial charge is 0.343 e. The number of hydrogen-bond acceptors (Lipinski definition) is 3. The lowest BCUT2D eigenvalue weighted by atomic mass is 10.2. The van der Waals surface area contributed by atoms with Crippen molar-refractivity contribution in [3.63, 3.8) is 0 Å². The lowest BCUT2D eigenvalue weighted by Crippen LogP contribution is -2.22. The fraction of sp³-hybridized carbons (Fsp3) is 0.125. The number of halogens is 3. The van der Waals surface area contributed by atoms with Gasteiger partial charge < -0.3 is 10.6 Å². The Hall–Kier alpha value is -1.40. The van der Waals surface area contributed by atoms with E-state index in [1.807, 2.05) is 0 Å². The fourth-order valence-electron chi connectivity index (χ4n) is 1.78. The number of benzene rings is 2. The molecule has 0 spiro atoms. The number of nitrogens with one attached hydrogen (secondary N) is 2. The Balaban J connectivity index is 1.77. The first kappa shape index (κ1) is 18.9. The lowest BCUT2D eigenvalue weighted by Gasteiger charge is -2.08. The van der Waals surface area contributed by atoms with Crippen molar-refractivity contribution in [1.29, 1.82) is 0 Å². The number of rotatable bonds is 5. The van der Waals surface area contributed by atoms with Crippen molar-refractivity contribution in [2.24, 2.45) is 0 Å². The first-order chi connectivity index (χ1) is 11.5. The van der Waals surface area contributed by atoms with Crippen LogP contribution in [0.1, 0.15) is 5.56 Å². The van der Waals surface area contributed by atoms with Crippen LogP contribution in [0.3, 0.4) is 0 Å². The van der Waals surface area contributed by atoms with Crippen molar-refractivity contribution < 1.29 is 9.59 Å². The third-order valence-electron chi connectivity index (χ3n) is 2.91. The van der Waals surface area contributed by atoms with Gasteiger partial charge in [-0.3, -0.25) is 9.59 Å². The second-order valence-corrected chi connectivity index (χ2v) is 6.89. The summed E-state index contributed by atoms with van der Waals surface area (Å²) in [6.45, 7) is 0.233. The predicted molar refractivity (Wildman–Crippen MR) is 101 cm³/mol. The summed E-state index contributed by atoms with van der Waals surface area (Å²) in [5.41, 5.74) is 1.22. The van der Waals surface area contributed by atoms with E-state index in [2.05, 4.69) is 10.6 Å². The van der Waals surface area contributed by atoms with Gasteiger partial charge >= 0.3 is 0 Å². The number of hydrogen-bond donors (Lipinski definition) is 2. The molecule has 0 aromatic heterocycles. The van der Waals surface area contributed by atoms with Crippen LogP contribution in [0, 0.1) is 0 Å². The average molecular weight is 404 g/mol. The van der Waals surface area contributed by atoms with Gasteiger partial charge in [0, 0.05) is 16.6 Å². The van der Waals surface area contributed by atoms with E-state index in [0.29, 0.717) is 26.3 Å². The van der Waals surface area contributed by atoms with Gasteiger partial charge in [0.1, 0.15) is 0 Å². The Morgan fingerprint density at radius 2 is 1.75 bits per heavy atom. The van der Waals surface area contributed by atoms with Crippen LogP contribution in [-0.2, 0) is 11.3 Å². The molecule has 0 heterocycles. The van der Waals surface area contributed by atoms with Crippen LogP contribution in [0.5, 0.6) is 0 Å². The van der Waals surface area contributed by atoms with Crippen LogP contribution in [0.25, 0.3) is 0 Å². The van der Waals surface area contributed by atoms with Crippen LogP contribution in [0.15, 0.2) is 42.5 Å². The maximum atomic E-state index is 11.8. The van der Waals surface area contributed by atoms with Gasteiger partial charge in [-0.1, -0.05) is 58.7 Å². The highest BCUT2D eigenvalue weighted by molar-refractivity contribution is 8.14. The van der Waals surface area contributed by atoms with Crippen molar-refractivity contribution in [2.75, 3.05) is 11.1 Å². The predicted octanol–water partition coefficient (Wildman–Crippen LogP) is 5.23. The number of carbonyl (C=O) groups excluding carboxylic acids is 2. The molecule has 4 nitrogen and oxygen atoms in total. The highest BCUT2D eigenvalue weighted by atomic mass is 35.5. The smallest absolute Gasteiger partial charge is 0.279 e. The molecule has 0 aliphatic heterocycles. The summed E-state index contributed by atoms with van der Waals surface area (Å²) in [5.74, 6) is -0.343. The normalized spacial score (nSPS) is 10.3. The first-order valence-electron chi connectivity index (χ1n) is 6.84. The Kier molecular flexibility index (Phi) is 7.24. The van der Waals surface area contributed by atoms with E-state index in [0.717, 1.165) is 11.8 Å². The molecule has 126 valence electrons. The Morgan fingerprint density at radius 3 is 2.50 bits per heavy atom. The van der Waals surface area contributed by atoms with Gasteiger partial charge in [-0.25, -0.2) is 0 Å². The third kappa shape index (κ3) is 5.91. The standard InChI is InChI=1S/C16H13Cl3N2O2S/c17-11-5-6-12(18)10(7-11)8-20-16(23)24-9-15(22)21-14-4-2-1-3-13(14)19/h1-7H,8-9H2,(H,20,23)(H,21,22). The van der Waals surface area contributed by atoms with E-state index < -0.39 is 0 Å². The SMILES string of the molecule is O=C(CSC(=O)NCc1cc(Cl)ccc1Cl)Nc1ccccc1Cl. The van der Waals surface area contributed by atoms with Crippen LogP contribution >= 0.6 is 46.6 Å². The molecular formula is C16H13Cl3N2O2S. The molecule has 0 saturated carbocycles. The summed E-state index contributed by atoms with van der Waals surface area (Å²) in [5, 5.41) is 6.48. The zero-order valence-electron chi connectivity index (χ0n) is 12.3. The van der Waals surface area contributed by atoms with Crippen LogP contribution in [0.2, 0.25) is 15.1 Å². The van der Waals surface area contributed by atoms with Crippen LogP contribution < -0.4 is 10.6 Å². The fourth-order valence-corrected chi connectivity index (χ4v) is 2.85. The van der Waals surface area contributed by atoms with Gasteiger partial charge in [-0.2, -0.15) is 0 Å². The second-order valence-electron chi connectivity index (χ2n) is 4.69. The van der Waals surface area contributed by atoms with E-state index in [-0.39, 0.29) is 23.4 Å². The molecular weight excluding hydrogens is 391 g/mol. The quantitative estimate of drug-likeness (QED) is 0.719. The summed E-state index contributed by atoms with van der Waals surface area (Å²) >= 11 is 18.7. The van der Waals surface area contributed by atoms with E-state index in [1.165, 1.54) is 0 Å². The molecule has 0 aliphatic rings. The molecule has 0 saturated heterocycles.